The lowest BCUT2D eigenvalue weighted by Gasteiger charge is -2.11. The quantitative estimate of drug-likeness (QED) is 0.530. The van der Waals surface area contributed by atoms with E-state index in [0.29, 0.717) is 12.7 Å². The first-order chi connectivity index (χ1) is 8.33. The van der Waals surface area contributed by atoms with E-state index in [4.69, 9.17) is 9.47 Å². The fraction of sp³-hybridized carbons (Fsp3) is 0.400. The second-order valence-electron chi connectivity index (χ2n) is 4.23. The number of ether oxygens (including phenoxy) is 2. The summed E-state index contributed by atoms with van der Waals surface area (Å²) in [6, 6.07) is 6.29. The molecule has 1 saturated heterocycles. The summed E-state index contributed by atoms with van der Waals surface area (Å²) in [5.74, 6) is 0.945. The lowest BCUT2D eigenvalue weighted by atomic mass is 10.0. The second kappa shape index (κ2) is 5.87. The first-order valence-electron chi connectivity index (χ1n) is 5.95. The van der Waals surface area contributed by atoms with Gasteiger partial charge in [-0.1, -0.05) is 25.1 Å². The van der Waals surface area contributed by atoms with Crippen molar-refractivity contribution in [2.45, 2.75) is 25.9 Å². The van der Waals surface area contributed by atoms with Crippen LogP contribution < -0.4 is 4.74 Å². The molecule has 0 aliphatic carbocycles. The van der Waals surface area contributed by atoms with Gasteiger partial charge in [0.05, 0.1) is 6.61 Å². The predicted molar refractivity (Wildman–Crippen MR) is 68.2 cm³/mol. The van der Waals surface area contributed by atoms with Gasteiger partial charge in [-0.2, -0.15) is 0 Å². The number of rotatable bonds is 7. The van der Waals surface area contributed by atoms with Crippen molar-refractivity contribution in [2.75, 3.05) is 13.2 Å². The molecule has 1 atom stereocenters. The molecule has 1 unspecified atom stereocenters. The molecule has 2 radical (unpaired) electrons. The highest BCUT2D eigenvalue weighted by Gasteiger charge is 2.23. The molecule has 2 nitrogen and oxygen atoms in total. The standard InChI is InChI=1S/C15H18O2/c1-3-5-12-7-8-15(13(9-12)6-4-2)17-11-14-10-16-14/h4,7-9,14H,2,5-6,10-11H2,1H3. The van der Waals surface area contributed by atoms with Crippen LogP contribution in [-0.2, 0) is 17.6 Å². The van der Waals surface area contributed by atoms with Crippen molar-refractivity contribution in [3.05, 3.63) is 48.4 Å². The Labute approximate surface area is 103 Å². The van der Waals surface area contributed by atoms with Crippen molar-refractivity contribution in [1.82, 2.24) is 0 Å². The van der Waals surface area contributed by atoms with Gasteiger partial charge in [-0.15, -0.1) is 6.58 Å². The van der Waals surface area contributed by atoms with Gasteiger partial charge in [0.2, 0.25) is 0 Å². The maximum absolute atomic E-state index is 5.75. The molecule has 1 aromatic rings. The average molecular weight is 230 g/mol. The molecule has 0 amide bonds. The molecule has 0 N–H and O–H groups in total. The molecule has 1 aliphatic rings. The SMILES string of the molecule is C=CCc1cc(C[C]C)ccc1OCC1CO1. The van der Waals surface area contributed by atoms with Crippen LogP contribution in [0.1, 0.15) is 18.1 Å². The Kier molecular flexibility index (Phi) is 4.21. The Bertz CT molecular complexity index is 381. The molecule has 1 heterocycles. The number of hydrogen-bond acceptors (Lipinski definition) is 2. The Morgan fingerprint density at radius 2 is 2.41 bits per heavy atom. The number of allylic oxidation sites excluding steroid dienone is 1. The van der Waals surface area contributed by atoms with Gasteiger partial charge in [0, 0.05) is 0 Å². The zero-order valence-electron chi connectivity index (χ0n) is 10.2. The number of epoxide rings is 1. The molecule has 0 aromatic heterocycles. The van der Waals surface area contributed by atoms with Crippen LogP contribution in [0.15, 0.2) is 30.9 Å². The van der Waals surface area contributed by atoms with Gasteiger partial charge in [-0.05, 0) is 36.5 Å². The first-order valence-corrected chi connectivity index (χ1v) is 5.95. The van der Waals surface area contributed by atoms with Crippen LogP contribution in [-0.4, -0.2) is 19.3 Å². The molecule has 17 heavy (non-hydrogen) atoms. The minimum Gasteiger partial charge on any atom is -0.490 e. The average Bonchev–Trinajstić information content (AvgIpc) is 3.13. The summed E-state index contributed by atoms with van der Waals surface area (Å²) >= 11 is 0. The van der Waals surface area contributed by atoms with Crippen LogP contribution in [0, 0.1) is 6.42 Å². The van der Waals surface area contributed by atoms with Gasteiger partial charge >= 0.3 is 0 Å². The topological polar surface area (TPSA) is 21.8 Å². The Morgan fingerprint density at radius 1 is 1.59 bits per heavy atom. The van der Waals surface area contributed by atoms with E-state index in [9.17, 15) is 0 Å². The summed E-state index contributed by atoms with van der Waals surface area (Å²) in [5.41, 5.74) is 2.45. The van der Waals surface area contributed by atoms with Crippen molar-refractivity contribution in [3.63, 3.8) is 0 Å². The summed E-state index contributed by atoms with van der Waals surface area (Å²) in [5, 5.41) is 0. The van der Waals surface area contributed by atoms with E-state index in [1.807, 2.05) is 19.1 Å². The molecule has 1 fully saturated rings. The second-order valence-corrected chi connectivity index (χ2v) is 4.23. The van der Waals surface area contributed by atoms with Crippen LogP contribution in [0.3, 0.4) is 0 Å². The Hall–Kier alpha value is -1.28. The van der Waals surface area contributed by atoms with Crippen molar-refractivity contribution in [1.29, 1.82) is 0 Å². The van der Waals surface area contributed by atoms with E-state index in [1.54, 1.807) is 0 Å². The minimum atomic E-state index is 0.295. The van der Waals surface area contributed by atoms with Gasteiger partial charge in [0.25, 0.3) is 0 Å². The van der Waals surface area contributed by atoms with Crippen molar-refractivity contribution < 1.29 is 9.47 Å². The molecule has 90 valence electrons. The largest absolute Gasteiger partial charge is 0.490 e. The van der Waals surface area contributed by atoms with Gasteiger partial charge < -0.3 is 9.47 Å². The summed E-state index contributed by atoms with van der Waals surface area (Å²) in [4.78, 5) is 0. The Balaban J connectivity index is 2.07. The third-order valence-electron chi connectivity index (χ3n) is 2.70. The lowest BCUT2D eigenvalue weighted by Crippen LogP contribution is -2.06. The molecule has 2 heteroatoms. The fourth-order valence-corrected chi connectivity index (χ4v) is 1.75. The smallest absolute Gasteiger partial charge is 0.122 e. The molecule has 0 saturated carbocycles. The molecule has 0 bridgehead atoms. The highest BCUT2D eigenvalue weighted by molar-refractivity contribution is 5.39. The van der Waals surface area contributed by atoms with Crippen molar-refractivity contribution in [3.8, 4) is 5.75 Å². The van der Waals surface area contributed by atoms with E-state index in [-0.39, 0.29) is 0 Å². The molecular formula is C15H18O2. The molecule has 1 aliphatic heterocycles. The molecular weight excluding hydrogens is 212 g/mol. The van der Waals surface area contributed by atoms with E-state index < -0.39 is 0 Å². The summed E-state index contributed by atoms with van der Waals surface area (Å²) < 4.78 is 10.9. The lowest BCUT2D eigenvalue weighted by molar-refractivity contribution is 0.261. The summed E-state index contributed by atoms with van der Waals surface area (Å²) in [7, 11) is 0. The van der Waals surface area contributed by atoms with Crippen LogP contribution >= 0.6 is 0 Å². The van der Waals surface area contributed by atoms with E-state index >= 15 is 0 Å². The van der Waals surface area contributed by atoms with Gasteiger partial charge in [0.1, 0.15) is 18.5 Å². The zero-order valence-corrected chi connectivity index (χ0v) is 10.2. The van der Waals surface area contributed by atoms with E-state index in [2.05, 4.69) is 25.1 Å². The summed E-state index contributed by atoms with van der Waals surface area (Å²) in [6.45, 7) is 7.21. The van der Waals surface area contributed by atoms with Crippen LogP contribution in [0.25, 0.3) is 0 Å². The molecule has 0 spiro atoms. The van der Waals surface area contributed by atoms with Gasteiger partial charge in [-0.3, -0.25) is 0 Å². The maximum Gasteiger partial charge on any atom is 0.122 e. The van der Waals surface area contributed by atoms with E-state index in [0.717, 1.165) is 25.2 Å². The van der Waals surface area contributed by atoms with Crippen LogP contribution in [0.5, 0.6) is 5.75 Å². The third-order valence-corrected chi connectivity index (χ3v) is 2.70. The molecule has 1 aromatic carbocycles. The predicted octanol–water partition coefficient (Wildman–Crippen LogP) is 2.84. The third kappa shape index (κ3) is 3.60. The van der Waals surface area contributed by atoms with Gasteiger partial charge in [-0.25, -0.2) is 0 Å². The highest BCUT2D eigenvalue weighted by atomic mass is 16.6. The van der Waals surface area contributed by atoms with Crippen LogP contribution in [0.2, 0.25) is 0 Å². The minimum absolute atomic E-state index is 0.295. The maximum atomic E-state index is 5.75. The Morgan fingerprint density at radius 3 is 3.06 bits per heavy atom. The molecule has 2 rings (SSSR count). The fourth-order valence-electron chi connectivity index (χ4n) is 1.75. The normalized spacial score (nSPS) is 17.8. The van der Waals surface area contributed by atoms with E-state index in [1.165, 1.54) is 11.1 Å². The van der Waals surface area contributed by atoms with Crippen molar-refractivity contribution in [2.24, 2.45) is 0 Å². The summed E-state index contributed by atoms with van der Waals surface area (Å²) in [6.07, 6.45) is 7.05. The number of hydrogen-bond donors (Lipinski definition) is 0. The monoisotopic (exact) mass is 230 g/mol. The van der Waals surface area contributed by atoms with Crippen LogP contribution in [0.4, 0.5) is 0 Å². The number of benzene rings is 1. The highest BCUT2D eigenvalue weighted by Crippen LogP contribution is 2.23. The zero-order chi connectivity index (χ0) is 12.1. The van der Waals surface area contributed by atoms with Crippen molar-refractivity contribution >= 4 is 0 Å². The first kappa shape index (κ1) is 12.2. The van der Waals surface area contributed by atoms with Gasteiger partial charge in [0.15, 0.2) is 0 Å².